The number of hydrogen-bond acceptors (Lipinski definition) is 3. The molecule has 0 aliphatic heterocycles. The summed E-state index contributed by atoms with van der Waals surface area (Å²) in [7, 11) is 5.10. The molecule has 136 valence electrons. The fraction of sp³-hybridized carbons (Fsp3) is 0.500. The molecule has 0 aliphatic carbocycles. The van der Waals surface area contributed by atoms with Crippen molar-refractivity contribution in [2.24, 2.45) is 4.99 Å². The number of amides is 1. The van der Waals surface area contributed by atoms with Crippen molar-refractivity contribution in [2.45, 2.75) is 19.4 Å². The molecule has 2 N–H and O–H groups in total. The van der Waals surface area contributed by atoms with E-state index in [0.717, 1.165) is 0 Å². The number of ether oxygens (including phenoxy) is 1. The highest BCUT2D eigenvalue weighted by molar-refractivity contribution is 14.0. The van der Waals surface area contributed by atoms with Crippen LogP contribution in [-0.4, -0.2) is 57.1 Å². The van der Waals surface area contributed by atoms with Gasteiger partial charge in [-0.3, -0.25) is 9.79 Å². The summed E-state index contributed by atoms with van der Waals surface area (Å²) in [6, 6.07) is 6.03. The van der Waals surface area contributed by atoms with Gasteiger partial charge in [-0.1, -0.05) is 6.07 Å². The number of rotatable bonds is 7. The first-order chi connectivity index (χ1) is 10.9. The number of halogens is 2. The van der Waals surface area contributed by atoms with Crippen LogP contribution in [0.4, 0.5) is 4.39 Å². The minimum atomic E-state index is -0.328. The number of hydrogen-bond donors (Lipinski definition) is 2. The van der Waals surface area contributed by atoms with Gasteiger partial charge in [0.1, 0.15) is 17.7 Å². The Morgan fingerprint density at radius 2 is 2.08 bits per heavy atom. The van der Waals surface area contributed by atoms with Crippen molar-refractivity contribution in [3.63, 3.8) is 0 Å². The van der Waals surface area contributed by atoms with Crippen LogP contribution in [0, 0.1) is 5.82 Å². The Balaban J connectivity index is 0.00000529. The Morgan fingerprint density at radius 3 is 2.67 bits per heavy atom. The highest BCUT2D eigenvalue weighted by Gasteiger charge is 2.07. The molecule has 0 saturated heterocycles. The van der Waals surface area contributed by atoms with Gasteiger partial charge in [0, 0.05) is 40.2 Å². The van der Waals surface area contributed by atoms with Crippen LogP contribution in [0.1, 0.15) is 13.3 Å². The highest BCUT2D eigenvalue weighted by atomic mass is 127. The Morgan fingerprint density at radius 1 is 1.38 bits per heavy atom. The topological polar surface area (TPSA) is 66.0 Å². The van der Waals surface area contributed by atoms with Crippen LogP contribution in [0.2, 0.25) is 0 Å². The van der Waals surface area contributed by atoms with Gasteiger partial charge >= 0.3 is 0 Å². The Kier molecular flexibility index (Phi) is 11.1. The molecule has 1 aromatic rings. The van der Waals surface area contributed by atoms with E-state index in [1.165, 1.54) is 12.1 Å². The number of aliphatic imine (C=N–C) groups is 1. The molecule has 8 heteroatoms. The van der Waals surface area contributed by atoms with Gasteiger partial charge in [0.05, 0.1) is 6.54 Å². The van der Waals surface area contributed by atoms with E-state index in [9.17, 15) is 9.18 Å². The van der Waals surface area contributed by atoms with Gasteiger partial charge in [-0.05, 0) is 19.1 Å². The van der Waals surface area contributed by atoms with Gasteiger partial charge in [0.2, 0.25) is 5.91 Å². The lowest BCUT2D eigenvalue weighted by atomic mass is 10.3. The fourth-order valence-corrected chi connectivity index (χ4v) is 1.79. The summed E-state index contributed by atoms with van der Waals surface area (Å²) in [6.45, 7) is 2.87. The van der Waals surface area contributed by atoms with Crippen molar-refractivity contribution in [2.75, 3.05) is 34.2 Å². The lowest BCUT2D eigenvalue weighted by Crippen LogP contribution is -2.42. The Hall–Kier alpha value is -1.58. The van der Waals surface area contributed by atoms with Crippen molar-refractivity contribution >= 4 is 35.8 Å². The van der Waals surface area contributed by atoms with Crippen LogP contribution >= 0.6 is 24.0 Å². The lowest BCUT2D eigenvalue weighted by Gasteiger charge is -2.18. The van der Waals surface area contributed by atoms with Crippen LogP contribution in [-0.2, 0) is 4.79 Å². The van der Waals surface area contributed by atoms with E-state index >= 15 is 0 Å². The summed E-state index contributed by atoms with van der Waals surface area (Å²) < 4.78 is 18.7. The minimum Gasteiger partial charge on any atom is -0.489 e. The molecule has 0 spiro atoms. The average Bonchev–Trinajstić information content (AvgIpc) is 2.50. The average molecular weight is 452 g/mol. The molecule has 1 rings (SSSR count). The molecule has 0 aliphatic rings. The second-order valence-corrected chi connectivity index (χ2v) is 5.30. The van der Waals surface area contributed by atoms with E-state index in [1.54, 1.807) is 38.2 Å². The van der Waals surface area contributed by atoms with Gasteiger partial charge in [0.25, 0.3) is 0 Å². The SMILES string of the molecule is CN=C(NCCC(=O)N(C)C)NCC(C)Oc1cccc(F)c1.I. The zero-order chi connectivity index (χ0) is 17.2. The van der Waals surface area contributed by atoms with E-state index in [1.807, 2.05) is 6.92 Å². The second kappa shape index (κ2) is 11.9. The molecule has 6 nitrogen and oxygen atoms in total. The standard InChI is InChI=1S/C16H25FN4O2.HI/c1-12(23-14-7-5-6-13(17)10-14)11-20-16(18-2)19-9-8-15(22)21(3)4;/h5-7,10,12H,8-9,11H2,1-4H3,(H2,18,19,20);1H. The normalized spacial score (nSPS) is 12.0. The van der Waals surface area contributed by atoms with E-state index in [0.29, 0.717) is 31.2 Å². The summed E-state index contributed by atoms with van der Waals surface area (Å²) in [6.07, 6.45) is 0.224. The highest BCUT2D eigenvalue weighted by Crippen LogP contribution is 2.13. The quantitative estimate of drug-likeness (QED) is 0.377. The number of carbonyl (C=O) groups is 1. The molecule has 0 heterocycles. The Labute approximate surface area is 159 Å². The third-order valence-corrected chi connectivity index (χ3v) is 3.04. The van der Waals surface area contributed by atoms with Gasteiger partial charge in [-0.25, -0.2) is 4.39 Å². The number of benzene rings is 1. The van der Waals surface area contributed by atoms with Crippen LogP contribution in [0.5, 0.6) is 5.75 Å². The number of carbonyl (C=O) groups excluding carboxylic acids is 1. The van der Waals surface area contributed by atoms with Crippen LogP contribution in [0.15, 0.2) is 29.3 Å². The lowest BCUT2D eigenvalue weighted by molar-refractivity contribution is -0.128. The summed E-state index contributed by atoms with van der Waals surface area (Å²) in [5, 5.41) is 6.16. The van der Waals surface area contributed by atoms with Crippen LogP contribution in [0.3, 0.4) is 0 Å². The predicted molar refractivity (Wildman–Crippen MR) is 105 cm³/mol. The molecule has 0 fully saturated rings. The molecular formula is C16H26FIN4O2. The summed E-state index contributed by atoms with van der Waals surface area (Å²) in [5.41, 5.74) is 0. The summed E-state index contributed by atoms with van der Waals surface area (Å²) in [5.74, 6) is 0.798. The maximum absolute atomic E-state index is 13.1. The van der Waals surface area contributed by atoms with Crippen molar-refractivity contribution in [1.82, 2.24) is 15.5 Å². The number of nitrogens with one attached hydrogen (secondary N) is 2. The number of nitrogens with zero attached hydrogens (tertiary/aromatic N) is 2. The van der Waals surface area contributed by atoms with Gasteiger partial charge < -0.3 is 20.3 Å². The largest absolute Gasteiger partial charge is 0.489 e. The summed E-state index contributed by atoms with van der Waals surface area (Å²) in [4.78, 5) is 17.1. The van der Waals surface area contributed by atoms with Gasteiger partial charge in [0.15, 0.2) is 5.96 Å². The molecule has 1 unspecified atom stereocenters. The van der Waals surface area contributed by atoms with E-state index in [4.69, 9.17) is 4.74 Å². The fourth-order valence-electron chi connectivity index (χ4n) is 1.79. The predicted octanol–water partition coefficient (Wildman–Crippen LogP) is 1.85. The van der Waals surface area contributed by atoms with Crippen LogP contribution in [0.25, 0.3) is 0 Å². The first-order valence-electron chi connectivity index (χ1n) is 7.49. The third kappa shape index (κ3) is 8.90. The molecule has 1 amide bonds. The van der Waals surface area contributed by atoms with Crippen molar-refractivity contribution in [1.29, 1.82) is 0 Å². The third-order valence-electron chi connectivity index (χ3n) is 3.04. The molecule has 24 heavy (non-hydrogen) atoms. The molecule has 0 saturated carbocycles. The number of guanidine groups is 1. The Bertz CT molecular complexity index is 541. The zero-order valence-corrected chi connectivity index (χ0v) is 16.8. The molecule has 0 aromatic heterocycles. The summed E-state index contributed by atoms with van der Waals surface area (Å²) >= 11 is 0. The maximum Gasteiger partial charge on any atom is 0.223 e. The minimum absolute atomic E-state index is 0. The van der Waals surface area contributed by atoms with E-state index < -0.39 is 0 Å². The van der Waals surface area contributed by atoms with Gasteiger partial charge in [-0.2, -0.15) is 0 Å². The zero-order valence-electron chi connectivity index (χ0n) is 14.5. The van der Waals surface area contributed by atoms with Crippen molar-refractivity contribution in [3.05, 3.63) is 30.1 Å². The molecule has 0 radical (unpaired) electrons. The molecule has 1 atom stereocenters. The van der Waals surface area contributed by atoms with E-state index in [2.05, 4.69) is 15.6 Å². The van der Waals surface area contributed by atoms with Crippen molar-refractivity contribution < 1.29 is 13.9 Å². The molecule has 0 bridgehead atoms. The smallest absolute Gasteiger partial charge is 0.223 e. The molecule has 1 aromatic carbocycles. The van der Waals surface area contributed by atoms with Gasteiger partial charge in [-0.15, -0.1) is 24.0 Å². The van der Waals surface area contributed by atoms with Crippen LogP contribution < -0.4 is 15.4 Å². The molecular weight excluding hydrogens is 426 g/mol. The maximum atomic E-state index is 13.1. The first-order valence-corrected chi connectivity index (χ1v) is 7.49. The monoisotopic (exact) mass is 452 g/mol. The van der Waals surface area contributed by atoms with Crippen molar-refractivity contribution in [3.8, 4) is 5.75 Å². The second-order valence-electron chi connectivity index (χ2n) is 5.30. The van der Waals surface area contributed by atoms with E-state index in [-0.39, 0.29) is 41.8 Å². The first kappa shape index (κ1) is 22.4.